The van der Waals surface area contributed by atoms with E-state index in [0.717, 1.165) is 0 Å². The third-order valence-corrected chi connectivity index (χ3v) is 3.62. The minimum absolute atomic E-state index is 0.208. The zero-order valence-electron chi connectivity index (χ0n) is 16.6. The molecule has 0 spiro atoms. The molecule has 0 aliphatic carbocycles. The van der Waals surface area contributed by atoms with Crippen molar-refractivity contribution in [3.05, 3.63) is 66.2 Å². The monoisotopic (exact) mass is 396 g/mol. The van der Waals surface area contributed by atoms with Gasteiger partial charge in [0.2, 0.25) is 5.91 Å². The van der Waals surface area contributed by atoms with Gasteiger partial charge in [-0.2, -0.15) is 0 Å². The molecule has 152 valence electrons. The van der Waals surface area contributed by atoms with Crippen LogP contribution in [0.5, 0.6) is 5.75 Å². The van der Waals surface area contributed by atoms with Gasteiger partial charge in [0, 0.05) is 16.9 Å². The highest BCUT2D eigenvalue weighted by atomic mass is 16.7. The van der Waals surface area contributed by atoms with E-state index < -0.39 is 6.16 Å². The van der Waals surface area contributed by atoms with Gasteiger partial charge in [-0.05, 0) is 67.4 Å². The fraction of sp³-hybridized carbons (Fsp3) is 0.227. The Labute approximate surface area is 169 Å². The van der Waals surface area contributed by atoms with Gasteiger partial charge in [-0.3, -0.25) is 9.59 Å². The molecule has 2 amide bonds. The van der Waals surface area contributed by atoms with E-state index in [2.05, 4.69) is 15.4 Å². The van der Waals surface area contributed by atoms with Gasteiger partial charge in [-0.25, -0.2) is 4.79 Å². The van der Waals surface area contributed by atoms with Crippen molar-refractivity contribution >= 4 is 29.3 Å². The standard InChI is InChI=1S/C22H24N2O5/c1-4-28-22(27)29-19-12-6-16(7-13-19)21(26)24-18-10-8-17(9-11-18)23-20(25)14-5-15(2)3/h5-15H,4H2,1-3H3,(H,23,25)(H,24,26)/b14-5+. The van der Waals surface area contributed by atoms with Gasteiger partial charge < -0.3 is 20.1 Å². The second kappa shape index (κ2) is 10.7. The predicted octanol–water partition coefficient (Wildman–Crippen LogP) is 4.62. The lowest BCUT2D eigenvalue weighted by atomic mass is 10.2. The lowest BCUT2D eigenvalue weighted by molar-refractivity contribution is -0.111. The molecule has 0 atom stereocenters. The average molecular weight is 396 g/mol. The normalized spacial score (nSPS) is 10.6. The van der Waals surface area contributed by atoms with E-state index in [1.807, 2.05) is 19.9 Å². The summed E-state index contributed by atoms with van der Waals surface area (Å²) in [5.41, 5.74) is 1.61. The van der Waals surface area contributed by atoms with Crippen LogP contribution >= 0.6 is 0 Å². The van der Waals surface area contributed by atoms with Gasteiger partial charge in [0.05, 0.1) is 6.61 Å². The van der Waals surface area contributed by atoms with Crippen molar-refractivity contribution in [2.45, 2.75) is 20.8 Å². The van der Waals surface area contributed by atoms with E-state index in [4.69, 9.17) is 4.74 Å². The van der Waals surface area contributed by atoms with E-state index in [9.17, 15) is 14.4 Å². The number of hydrogen-bond acceptors (Lipinski definition) is 5. The minimum atomic E-state index is -0.795. The SMILES string of the molecule is CCOC(=O)Oc1ccc(C(=O)Nc2ccc(NC(=O)/C=C/C(C)C)cc2)cc1. The summed E-state index contributed by atoms with van der Waals surface area (Å²) < 4.78 is 9.64. The number of benzene rings is 2. The van der Waals surface area contributed by atoms with Crippen LogP contribution in [0.25, 0.3) is 0 Å². The lowest BCUT2D eigenvalue weighted by Crippen LogP contribution is -2.13. The minimum Gasteiger partial charge on any atom is -0.434 e. The van der Waals surface area contributed by atoms with Crippen LogP contribution in [0.1, 0.15) is 31.1 Å². The van der Waals surface area contributed by atoms with Gasteiger partial charge in [-0.1, -0.05) is 19.9 Å². The highest BCUT2D eigenvalue weighted by molar-refractivity contribution is 6.04. The number of nitrogens with one attached hydrogen (secondary N) is 2. The molecule has 0 aromatic heterocycles. The molecule has 0 heterocycles. The lowest BCUT2D eigenvalue weighted by Gasteiger charge is -2.08. The van der Waals surface area contributed by atoms with Crippen molar-refractivity contribution in [3.63, 3.8) is 0 Å². The van der Waals surface area contributed by atoms with Crippen LogP contribution in [-0.2, 0) is 9.53 Å². The first-order valence-electron chi connectivity index (χ1n) is 9.22. The molecule has 2 aromatic carbocycles. The second-order valence-electron chi connectivity index (χ2n) is 6.43. The molecule has 0 bridgehead atoms. The molecule has 2 N–H and O–H groups in total. The van der Waals surface area contributed by atoms with Crippen molar-refractivity contribution in [2.24, 2.45) is 5.92 Å². The molecule has 0 fully saturated rings. The molecular formula is C22H24N2O5. The fourth-order valence-corrected chi connectivity index (χ4v) is 2.22. The summed E-state index contributed by atoms with van der Waals surface area (Å²) >= 11 is 0. The van der Waals surface area contributed by atoms with Crippen molar-refractivity contribution in [3.8, 4) is 5.75 Å². The number of anilines is 2. The summed E-state index contributed by atoms with van der Waals surface area (Å²) in [4.78, 5) is 35.4. The number of amides is 2. The number of allylic oxidation sites excluding steroid dienone is 1. The summed E-state index contributed by atoms with van der Waals surface area (Å²) in [7, 11) is 0. The van der Waals surface area contributed by atoms with Crippen LogP contribution in [0.3, 0.4) is 0 Å². The Morgan fingerprint density at radius 2 is 1.52 bits per heavy atom. The Hall–Kier alpha value is -3.61. The first-order valence-corrected chi connectivity index (χ1v) is 9.22. The summed E-state index contributed by atoms with van der Waals surface area (Å²) in [5, 5.41) is 5.51. The molecule has 0 aliphatic rings. The van der Waals surface area contributed by atoms with Crippen LogP contribution in [0.15, 0.2) is 60.7 Å². The van der Waals surface area contributed by atoms with Crippen LogP contribution < -0.4 is 15.4 Å². The molecule has 7 nitrogen and oxygen atoms in total. The van der Waals surface area contributed by atoms with Crippen molar-refractivity contribution in [1.82, 2.24) is 0 Å². The number of ether oxygens (including phenoxy) is 2. The van der Waals surface area contributed by atoms with Gasteiger partial charge in [0.25, 0.3) is 5.91 Å². The molecule has 2 aromatic rings. The predicted molar refractivity (Wildman–Crippen MR) is 111 cm³/mol. The van der Waals surface area contributed by atoms with Crippen LogP contribution in [0.2, 0.25) is 0 Å². The Kier molecular flexibility index (Phi) is 7.97. The summed E-state index contributed by atoms with van der Waals surface area (Å²) in [6, 6.07) is 12.9. The highest BCUT2D eigenvalue weighted by Crippen LogP contribution is 2.17. The summed E-state index contributed by atoms with van der Waals surface area (Å²) in [5.74, 6) is 0.0562. The third-order valence-electron chi connectivity index (χ3n) is 3.62. The van der Waals surface area contributed by atoms with E-state index >= 15 is 0 Å². The van der Waals surface area contributed by atoms with Crippen molar-refractivity contribution in [2.75, 3.05) is 17.2 Å². The number of hydrogen-bond donors (Lipinski definition) is 2. The Morgan fingerprint density at radius 3 is 2.07 bits per heavy atom. The zero-order chi connectivity index (χ0) is 21.2. The summed E-state index contributed by atoms with van der Waals surface area (Å²) in [6.45, 7) is 5.87. The maximum Gasteiger partial charge on any atom is 0.513 e. The Morgan fingerprint density at radius 1 is 0.931 bits per heavy atom. The summed E-state index contributed by atoms with van der Waals surface area (Å²) in [6.07, 6.45) is 2.51. The molecule has 0 unspecified atom stereocenters. The first-order chi connectivity index (χ1) is 13.9. The molecule has 0 radical (unpaired) electrons. The van der Waals surface area contributed by atoms with Crippen LogP contribution in [-0.4, -0.2) is 24.6 Å². The largest absolute Gasteiger partial charge is 0.513 e. The van der Waals surface area contributed by atoms with Crippen molar-refractivity contribution in [1.29, 1.82) is 0 Å². The fourth-order valence-electron chi connectivity index (χ4n) is 2.22. The maximum absolute atomic E-state index is 12.3. The molecule has 0 saturated carbocycles. The maximum atomic E-state index is 12.3. The molecule has 0 saturated heterocycles. The van der Waals surface area contributed by atoms with Crippen LogP contribution in [0.4, 0.5) is 16.2 Å². The zero-order valence-corrected chi connectivity index (χ0v) is 16.6. The van der Waals surface area contributed by atoms with E-state index in [-0.39, 0.29) is 24.2 Å². The van der Waals surface area contributed by atoms with E-state index in [1.54, 1.807) is 43.3 Å². The van der Waals surface area contributed by atoms with Crippen LogP contribution in [0, 0.1) is 5.92 Å². The van der Waals surface area contributed by atoms with Gasteiger partial charge in [0.15, 0.2) is 0 Å². The number of carbonyl (C=O) groups excluding carboxylic acids is 3. The Bertz CT molecular complexity index is 871. The van der Waals surface area contributed by atoms with E-state index in [0.29, 0.717) is 22.9 Å². The third kappa shape index (κ3) is 7.50. The molecule has 2 rings (SSSR count). The molecular weight excluding hydrogens is 372 g/mol. The molecule has 0 aliphatic heterocycles. The molecule has 29 heavy (non-hydrogen) atoms. The van der Waals surface area contributed by atoms with E-state index in [1.165, 1.54) is 18.2 Å². The average Bonchev–Trinajstić information content (AvgIpc) is 2.68. The number of rotatable bonds is 7. The molecule has 7 heteroatoms. The first kappa shape index (κ1) is 21.7. The van der Waals surface area contributed by atoms with Gasteiger partial charge in [0.1, 0.15) is 5.75 Å². The smallest absolute Gasteiger partial charge is 0.434 e. The Balaban J connectivity index is 1.91. The van der Waals surface area contributed by atoms with Gasteiger partial charge >= 0.3 is 6.16 Å². The highest BCUT2D eigenvalue weighted by Gasteiger charge is 2.09. The van der Waals surface area contributed by atoms with Crippen molar-refractivity contribution < 1.29 is 23.9 Å². The number of carbonyl (C=O) groups is 3. The quantitative estimate of drug-likeness (QED) is 0.404. The second-order valence-corrected chi connectivity index (χ2v) is 6.43. The topological polar surface area (TPSA) is 93.7 Å². The van der Waals surface area contributed by atoms with Gasteiger partial charge in [-0.15, -0.1) is 0 Å².